The Morgan fingerprint density at radius 2 is 2.36 bits per heavy atom. The van der Waals surface area contributed by atoms with Gasteiger partial charge in [-0.1, -0.05) is 6.92 Å². The van der Waals surface area contributed by atoms with Gasteiger partial charge in [-0.3, -0.25) is 4.99 Å². The summed E-state index contributed by atoms with van der Waals surface area (Å²) in [5, 5.41) is 7.61. The number of rotatable bonds is 5. The summed E-state index contributed by atoms with van der Waals surface area (Å²) in [6, 6.07) is 0. The molecule has 1 aromatic heterocycles. The van der Waals surface area contributed by atoms with Crippen molar-refractivity contribution in [2.24, 2.45) is 4.99 Å². The molecule has 22 heavy (non-hydrogen) atoms. The molecular formula is C15H27IN4S2. The molecule has 7 heteroatoms. The third-order valence-electron chi connectivity index (χ3n) is 3.62. The van der Waals surface area contributed by atoms with E-state index in [1.807, 2.05) is 7.05 Å². The Balaban J connectivity index is 0.00000242. The van der Waals surface area contributed by atoms with Gasteiger partial charge in [-0.15, -0.1) is 35.3 Å². The molecule has 1 saturated heterocycles. The van der Waals surface area contributed by atoms with E-state index in [0.717, 1.165) is 49.4 Å². The topological polar surface area (TPSA) is 40.5 Å². The minimum absolute atomic E-state index is 0. The van der Waals surface area contributed by atoms with Crippen molar-refractivity contribution in [2.45, 2.75) is 38.4 Å². The number of nitrogens with zero attached hydrogens (tertiary/aromatic N) is 3. The average molecular weight is 454 g/mol. The van der Waals surface area contributed by atoms with Crippen molar-refractivity contribution >= 4 is 53.0 Å². The molecule has 126 valence electrons. The molecule has 0 amide bonds. The lowest BCUT2D eigenvalue weighted by Crippen LogP contribution is -2.48. The molecule has 2 heterocycles. The molecule has 1 unspecified atom stereocenters. The van der Waals surface area contributed by atoms with Crippen molar-refractivity contribution in [1.82, 2.24) is 15.2 Å². The molecule has 0 saturated carbocycles. The lowest BCUT2D eigenvalue weighted by atomic mass is 10.3. The Bertz CT molecular complexity index is 464. The van der Waals surface area contributed by atoms with E-state index in [9.17, 15) is 0 Å². The molecule has 1 aliphatic rings. The Hall–Kier alpha value is -0.0200. The van der Waals surface area contributed by atoms with Crippen LogP contribution in [0.5, 0.6) is 0 Å². The Labute approximate surface area is 159 Å². The van der Waals surface area contributed by atoms with Gasteiger partial charge in [-0.2, -0.15) is 11.8 Å². The molecule has 1 fully saturated rings. The van der Waals surface area contributed by atoms with Gasteiger partial charge < -0.3 is 10.2 Å². The predicted molar refractivity (Wildman–Crippen MR) is 110 cm³/mol. The molecule has 0 radical (unpaired) electrons. The van der Waals surface area contributed by atoms with Crippen LogP contribution in [-0.2, 0) is 6.42 Å². The summed E-state index contributed by atoms with van der Waals surface area (Å²) in [6.45, 7) is 7.51. The number of hydrogen-bond donors (Lipinski definition) is 1. The zero-order chi connectivity index (χ0) is 15.1. The molecule has 1 N–H and O–H groups in total. The summed E-state index contributed by atoms with van der Waals surface area (Å²) in [5.74, 6) is 2.27. The fourth-order valence-electron chi connectivity index (χ4n) is 2.45. The number of aliphatic imine (C=N–C) groups is 1. The van der Waals surface area contributed by atoms with Gasteiger partial charge in [0.25, 0.3) is 0 Å². The molecule has 0 bridgehead atoms. The molecule has 4 nitrogen and oxygen atoms in total. The van der Waals surface area contributed by atoms with Gasteiger partial charge in [0.1, 0.15) is 0 Å². The van der Waals surface area contributed by atoms with Gasteiger partial charge in [0.15, 0.2) is 5.96 Å². The summed E-state index contributed by atoms with van der Waals surface area (Å²) in [4.78, 5) is 11.3. The third-order valence-corrected chi connectivity index (χ3v) is 6.02. The highest BCUT2D eigenvalue weighted by atomic mass is 127. The first kappa shape index (κ1) is 20.0. The number of nitrogens with one attached hydrogen (secondary N) is 1. The first-order chi connectivity index (χ1) is 10.2. The van der Waals surface area contributed by atoms with Crippen molar-refractivity contribution in [1.29, 1.82) is 0 Å². The van der Waals surface area contributed by atoms with Gasteiger partial charge in [0, 0.05) is 55.2 Å². The number of halogens is 1. The standard InChI is InChI=1S/C15H26N4S2.HI/c1-4-13-10-19(8-9-20-13)15(16-3)17-7-5-6-14-18-12(2)11-21-14;/h11,13H,4-10H2,1-3H3,(H,16,17);1H. The molecule has 1 aliphatic heterocycles. The van der Waals surface area contributed by atoms with E-state index >= 15 is 0 Å². The normalized spacial score (nSPS) is 19.0. The molecule has 2 rings (SSSR count). The summed E-state index contributed by atoms with van der Waals surface area (Å²) >= 11 is 3.85. The second-order valence-corrected chi connectivity index (χ2v) is 7.66. The van der Waals surface area contributed by atoms with E-state index in [-0.39, 0.29) is 24.0 Å². The highest BCUT2D eigenvalue weighted by molar-refractivity contribution is 14.0. The zero-order valence-electron chi connectivity index (χ0n) is 13.7. The van der Waals surface area contributed by atoms with E-state index in [2.05, 4.69) is 51.2 Å². The van der Waals surface area contributed by atoms with Gasteiger partial charge in [0.05, 0.1) is 5.01 Å². The summed E-state index contributed by atoms with van der Waals surface area (Å²) in [5.41, 5.74) is 1.13. The van der Waals surface area contributed by atoms with Gasteiger partial charge in [0.2, 0.25) is 0 Å². The number of thiazole rings is 1. The van der Waals surface area contributed by atoms with Crippen LogP contribution in [0.2, 0.25) is 0 Å². The number of guanidine groups is 1. The highest BCUT2D eigenvalue weighted by Gasteiger charge is 2.21. The van der Waals surface area contributed by atoms with E-state index in [1.165, 1.54) is 17.2 Å². The first-order valence-electron chi connectivity index (χ1n) is 7.71. The number of thioether (sulfide) groups is 1. The van der Waals surface area contributed by atoms with E-state index in [1.54, 1.807) is 11.3 Å². The number of hydrogen-bond acceptors (Lipinski definition) is 4. The van der Waals surface area contributed by atoms with Crippen molar-refractivity contribution in [3.05, 3.63) is 16.1 Å². The van der Waals surface area contributed by atoms with Crippen molar-refractivity contribution in [3.63, 3.8) is 0 Å². The minimum Gasteiger partial charge on any atom is -0.356 e. The maximum absolute atomic E-state index is 4.51. The van der Waals surface area contributed by atoms with Crippen molar-refractivity contribution < 1.29 is 0 Å². The Morgan fingerprint density at radius 1 is 1.55 bits per heavy atom. The quantitative estimate of drug-likeness (QED) is 0.321. The number of aryl methyl sites for hydroxylation is 2. The van der Waals surface area contributed by atoms with Crippen LogP contribution in [0.4, 0.5) is 0 Å². The van der Waals surface area contributed by atoms with Crippen molar-refractivity contribution in [2.75, 3.05) is 32.4 Å². The smallest absolute Gasteiger partial charge is 0.193 e. The molecule has 0 aromatic carbocycles. The number of aromatic nitrogens is 1. The van der Waals surface area contributed by atoms with Crippen LogP contribution in [0.1, 0.15) is 30.5 Å². The van der Waals surface area contributed by atoms with E-state index < -0.39 is 0 Å². The largest absolute Gasteiger partial charge is 0.356 e. The summed E-state index contributed by atoms with van der Waals surface area (Å²) in [6.07, 6.45) is 3.39. The van der Waals surface area contributed by atoms with Gasteiger partial charge in [-0.25, -0.2) is 4.98 Å². The molecule has 1 aromatic rings. The molecule has 0 aliphatic carbocycles. The lowest BCUT2D eigenvalue weighted by molar-refractivity contribution is 0.408. The van der Waals surface area contributed by atoms with Crippen LogP contribution < -0.4 is 5.32 Å². The Morgan fingerprint density at radius 3 is 3.00 bits per heavy atom. The minimum atomic E-state index is 0. The highest BCUT2D eigenvalue weighted by Crippen LogP contribution is 2.21. The SMILES string of the molecule is CCC1CN(C(=NC)NCCCc2nc(C)cs2)CCS1.I. The van der Waals surface area contributed by atoms with Crippen LogP contribution in [0.15, 0.2) is 10.4 Å². The Kier molecular flexibility index (Phi) is 9.74. The van der Waals surface area contributed by atoms with Crippen LogP contribution in [0.25, 0.3) is 0 Å². The maximum atomic E-state index is 4.51. The third kappa shape index (κ3) is 6.23. The summed E-state index contributed by atoms with van der Waals surface area (Å²) < 4.78 is 0. The summed E-state index contributed by atoms with van der Waals surface area (Å²) in [7, 11) is 1.88. The first-order valence-corrected chi connectivity index (χ1v) is 9.64. The van der Waals surface area contributed by atoms with Crippen LogP contribution in [0.3, 0.4) is 0 Å². The van der Waals surface area contributed by atoms with Crippen molar-refractivity contribution in [3.8, 4) is 0 Å². The molecular weight excluding hydrogens is 427 g/mol. The maximum Gasteiger partial charge on any atom is 0.193 e. The van der Waals surface area contributed by atoms with Gasteiger partial charge >= 0.3 is 0 Å². The van der Waals surface area contributed by atoms with Crippen LogP contribution in [-0.4, -0.2) is 53.5 Å². The van der Waals surface area contributed by atoms with E-state index in [4.69, 9.17) is 0 Å². The average Bonchev–Trinajstić information content (AvgIpc) is 2.93. The second-order valence-electron chi connectivity index (χ2n) is 5.31. The fraction of sp³-hybridized carbons (Fsp3) is 0.733. The second kappa shape index (κ2) is 10.7. The lowest BCUT2D eigenvalue weighted by Gasteiger charge is -2.34. The van der Waals surface area contributed by atoms with Crippen LogP contribution >= 0.6 is 47.1 Å². The monoisotopic (exact) mass is 454 g/mol. The predicted octanol–water partition coefficient (Wildman–Crippen LogP) is 3.40. The van der Waals surface area contributed by atoms with E-state index in [0.29, 0.717) is 0 Å². The molecule has 0 spiro atoms. The zero-order valence-corrected chi connectivity index (χ0v) is 17.6. The van der Waals surface area contributed by atoms with Gasteiger partial charge in [-0.05, 0) is 19.8 Å². The fourth-order valence-corrected chi connectivity index (χ4v) is 4.45. The molecule has 1 atom stereocenters. The van der Waals surface area contributed by atoms with Crippen LogP contribution in [0, 0.1) is 6.92 Å².